The number of aryl methyl sites for hydroxylation is 12. The maximum atomic E-state index is 2.35. The number of aromatic nitrogens is 12. The van der Waals surface area contributed by atoms with Gasteiger partial charge in [-0.1, -0.05) is 156 Å². The molecule has 0 atom stereocenters. The monoisotopic (exact) mass is 1980 g/mol. The van der Waals surface area contributed by atoms with Gasteiger partial charge in [-0.2, -0.15) is 0 Å². The minimum absolute atomic E-state index is 0. The Hall–Kier alpha value is -3.48. The fourth-order valence-corrected chi connectivity index (χ4v) is 12.5. The third-order valence-electron chi connectivity index (χ3n) is 16.3. The largest absolute Gasteiger partial charge is 1.00 e. The van der Waals surface area contributed by atoms with Crippen molar-refractivity contribution in [3.05, 3.63) is 184 Å². The van der Waals surface area contributed by atoms with Crippen molar-refractivity contribution in [2.24, 2.45) is 0 Å². The van der Waals surface area contributed by atoms with E-state index in [-0.39, 0.29) is 144 Å². The number of para-hydroxylation sites is 12. The molecular weight excluding hydrogens is 1870 g/mol. The topological polar surface area (TPSA) is 52.9 Å². The van der Waals surface area contributed by atoms with E-state index in [1.807, 2.05) is 0 Å². The molecule has 0 spiro atoms. The van der Waals surface area contributed by atoms with Crippen molar-refractivity contribution in [2.75, 3.05) is 0 Å². The summed E-state index contributed by atoms with van der Waals surface area (Å²) in [5.74, 6) is 0. The number of fused-ring (bicyclic) bond motifs is 6. The Morgan fingerprint density at radius 2 is 0.312 bits per heavy atom. The summed E-state index contributed by atoms with van der Waals surface area (Å²) in [5.41, 5.74) is 16.3. The second-order valence-electron chi connectivity index (χ2n) is 23.9. The van der Waals surface area contributed by atoms with Gasteiger partial charge in [-0.3, -0.25) is 0 Å². The van der Waals surface area contributed by atoms with E-state index in [1.165, 1.54) is 143 Å². The number of rotatable bonds is 24. The van der Waals surface area contributed by atoms with Crippen LogP contribution in [-0.2, 0) is 78.5 Å². The summed E-state index contributed by atoms with van der Waals surface area (Å²) in [5, 5.41) is 0. The third-order valence-corrected chi connectivity index (χ3v) is 16.3. The first kappa shape index (κ1) is 90.5. The number of hydrogen-bond donors (Lipinski definition) is 0. The van der Waals surface area contributed by atoms with Gasteiger partial charge in [-0.25, -0.2) is 54.8 Å². The second-order valence-corrected chi connectivity index (χ2v) is 23.9. The van der Waals surface area contributed by atoms with Gasteiger partial charge in [0, 0.05) is 0 Å². The molecule has 528 valence electrons. The van der Waals surface area contributed by atoms with Crippen LogP contribution in [0.25, 0.3) is 66.2 Å². The average molecular weight is 1980 g/mol. The van der Waals surface area contributed by atoms with Crippen molar-refractivity contribution in [3.63, 3.8) is 0 Å². The molecule has 12 aromatic rings. The minimum Gasteiger partial charge on any atom is -1.00 e. The van der Waals surface area contributed by atoms with Crippen LogP contribution in [0, 0.1) is 0 Å². The van der Waals surface area contributed by atoms with E-state index in [0.717, 1.165) is 78.5 Å². The smallest absolute Gasteiger partial charge is 0.244 e. The quantitative estimate of drug-likeness (QED) is 0.0525. The molecule has 96 heavy (non-hydrogen) atoms. The number of imidazole rings is 6. The van der Waals surface area contributed by atoms with Gasteiger partial charge in [-0.05, 0) is 150 Å². The van der Waals surface area contributed by atoms with Crippen LogP contribution >= 0.6 is 0 Å². The Morgan fingerprint density at radius 3 is 0.427 bits per heavy atom. The van der Waals surface area contributed by atoms with Crippen molar-refractivity contribution in [1.82, 2.24) is 27.4 Å². The molecule has 0 amide bonds. The zero-order valence-electron chi connectivity index (χ0n) is 59.9. The Bertz CT molecular complexity index is 3120. The van der Waals surface area contributed by atoms with Gasteiger partial charge in [0.15, 0.2) is 66.2 Å². The summed E-state index contributed by atoms with van der Waals surface area (Å²) < 4.78 is 28.2. The average Bonchev–Trinajstić information content (AvgIpc) is 1.74. The van der Waals surface area contributed by atoms with Crippen LogP contribution in [0.5, 0.6) is 0 Å². The van der Waals surface area contributed by atoms with E-state index < -0.39 is 0 Å². The highest BCUT2D eigenvalue weighted by molar-refractivity contribution is 5.74. The van der Waals surface area contributed by atoms with E-state index >= 15 is 0 Å². The summed E-state index contributed by atoms with van der Waals surface area (Å²) in [4.78, 5) is 0. The van der Waals surface area contributed by atoms with Gasteiger partial charge in [0.05, 0.1) is 78.5 Å². The molecule has 12 rings (SSSR count). The molecule has 0 fully saturated rings. The number of halogens is 6. The second kappa shape index (κ2) is 50.0. The van der Waals surface area contributed by atoms with Gasteiger partial charge in [0.2, 0.25) is 38.0 Å². The molecule has 0 N–H and O–H groups in total. The lowest BCUT2D eigenvalue weighted by Gasteiger charge is -1.91. The van der Waals surface area contributed by atoms with Gasteiger partial charge in [0.1, 0.15) is 0 Å². The predicted molar refractivity (Wildman–Crippen MR) is 376 cm³/mol. The molecule has 0 aliphatic carbocycles. The molecule has 12 nitrogen and oxygen atoms in total. The predicted octanol–water partition coefficient (Wildman–Crippen LogP) is -1.48. The van der Waals surface area contributed by atoms with Gasteiger partial charge in [-0.15, -0.1) is 0 Å². The molecule has 6 aromatic heterocycles. The first-order valence-electron chi connectivity index (χ1n) is 35.0. The molecule has 6 heterocycles. The molecule has 18 heteroatoms. The van der Waals surface area contributed by atoms with E-state index in [0.29, 0.717) is 0 Å². The maximum Gasteiger partial charge on any atom is 0.244 e. The van der Waals surface area contributed by atoms with Gasteiger partial charge in [0.25, 0.3) is 0 Å². The van der Waals surface area contributed by atoms with Crippen LogP contribution in [-0.4, -0.2) is 27.4 Å². The molecule has 0 saturated heterocycles. The standard InChI is InChI=1S/6C13H19N2.6HI/c6*1-3-9-14-11-15(10-4-2)13-8-6-5-7-12(13)14;;;;;;/h6*5-8,11H,3-4,9-10H2,1-2H3;6*1H/q6*+1;;;;;;/p-6. The van der Waals surface area contributed by atoms with Crippen molar-refractivity contribution in [1.29, 1.82) is 0 Å². The summed E-state index contributed by atoms with van der Waals surface area (Å²) in [6, 6.07) is 51.9. The highest BCUT2D eigenvalue weighted by Crippen LogP contribution is 2.17. The number of nitrogens with zero attached hydrogens (tertiary/aromatic N) is 12. The van der Waals surface area contributed by atoms with Crippen LogP contribution in [0.4, 0.5) is 0 Å². The fraction of sp³-hybridized carbons (Fsp3) is 0.462. The van der Waals surface area contributed by atoms with Crippen molar-refractivity contribution in [3.8, 4) is 0 Å². The van der Waals surface area contributed by atoms with E-state index in [4.69, 9.17) is 0 Å². The Labute approximate surface area is 679 Å². The summed E-state index contributed by atoms with van der Waals surface area (Å²) in [6.07, 6.45) is 27.7. The zero-order chi connectivity index (χ0) is 64.0. The molecule has 0 bridgehead atoms. The fourth-order valence-electron chi connectivity index (χ4n) is 12.5. The summed E-state index contributed by atoms with van der Waals surface area (Å²) >= 11 is 0. The van der Waals surface area contributed by atoms with Gasteiger partial charge < -0.3 is 144 Å². The van der Waals surface area contributed by atoms with Crippen molar-refractivity contribution >= 4 is 66.2 Å². The van der Waals surface area contributed by atoms with Crippen LogP contribution in [0.3, 0.4) is 0 Å². The van der Waals surface area contributed by atoms with Crippen LogP contribution in [0.15, 0.2) is 184 Å². The van der Waals surface area contributed by atoms with Gasteiger partial charge >= 0.3 is 0 Å². The molecule has 0 aliphatic heterocycles. The molecular formula is C78H114I6N12. The first-order valence-corrected chi connectivity index (χ1v) is 35.0. The summed E-state index contributed by atoms with van der Waals surface area (Å²) in [7, 11) is 0. The lowest BCUT2D eigenvalue weighted by molar-refractivity contribution is -0.672. The highest BCUT2D eigenvalue weighted by atomic mass is 127. The third kappa shape index (κ3) is 24.9. The molecule has 0 aliphatic rings. The Morgan fingerprint density at radius 1 is 0.188 bits per heavy atom. The maximum absolute atomic E-state index is 2.35. The molecule has 6 aromatic carbocycles. The van der Waals surface area contributed by atoms with Crippen LogP contribution in [0.1, 0.15) is 160 Å². The van der Waals surface area contributed by atoms with E-state index in [2.05, 4.69) is 321 Å². The highest BCUT2D eigenvalue weighted by Gasteiger charge is 2.18. The molecule has 0 radical (unpaired) electrons. The van der Waals surface area contributed by atoms with Crippen LogP contribution in [0.2, 0.25) is 0 Å². The normalized spacial score (nSPS) is 10.4. The van der Waals surface area contributed by atoms with Crippen LogP contribution < -0.4 is 171 Å². The Kier molecular flexibility index (Phi) is 47.1. The van der Waals surface area contributed by atoms with E-state index in [1.54, 1.807) is 0 Å². The first-order chi connectivity index (χ1) is 44.2. The lowest BCUT2D eigenvalue weighted by Crippen LogP contribution is -3.00. The number of hydrogen-bond acceptors (Lipinski definition) is 0. The Balaban J connectivity index is 0.000000569. The molecule has 0 unspecified atom stereocenters. The number of benzene rings is 6. The zero-order valence-corrected chi connectivity index (χ0v) is 72.9. The SMILES string of the molecule is CCCn1c[n+](CCC)c2ccccc21.CCCn1c[n+](CCC)c2ccccc21.CCCn1c[n+](CCC)c2ccccc21.CCCn1c[n+](CCC)c2ccccc21.CCCn1c[n+](CCC)c2ccccc21.CCCn1c[n+](CCC)c2ccccc21.[I-].[I-].[I-].[I-].[I-].[I-]. The van der Waals surface area contributed by atoms with Crippen molar-refractivity contribution in [2.45, 2.75) is 239 Å². The van der Waals surface area contributed by atoms with Crippen molar-refractivity contribution < 1.29 is 171 Å². The lowest BCUT2D eigenvalue weighted by atomic mass is 10.3. The molecule has 0 saturated carbocycles. The summed E-state index contributed by atoms with van der Waals surface area (Å²) in [6.45, 7) is 40.0. The van der Waals surface area contributed by atoms with E-state index in [9.17, 15) is 0 Å². The minimum atomic E-state index is 0.